The first kappa shape index (κ1) is 7.08. The van der Waals surface area contributed by atoms with Gasteiger partial charge < -0.3 is 0 Å². The van der Waals surface area contributed by atoms with Gasteiger partial charge >= 0.3 is 0 Å². The summed E-state index contributed by atoms with van der Waals surface area (Å²) in [5.41, 5.74) is 1.03. The lowest BCUT2D eigenvalue weighted by Gasteiger charge is -2.07. The first-order valence-corrected chi connectivity index (χ1v) is 3.35. The van der Waals surface area contributed by atoms with Gasteiger partial charge in [-0.3, -0.25) is 4.79 Å². The van der Waals surface area contributed by atoms with E-state index in [9.17, 15) is 4.79 Å². The molecular formula is C9H10O. The van der Waals surface area contributed by atoms with Crippen molar-refractivity contribution in [2.45, 2.75) is 13.8 Å². The van der Waals surface area contributed by atoms with E-state index in [4.69, 9.17) is 6.42 Å². The van der Waals surface area contributed by atoms with Crippen LogP contribution in [0.4, 0.5) is 0 Å². The third-order valence-corrected chi connectivity index (χ3v) is 1.99. The van der Waals surface area contributed by atoms with Crippen LogP contribution in [0.2, 0.25) is 0 Å². The summed E-state index contributed by atoms with van der Waals surface area (Å²) in [4.78, 5) is 11.0. The van der Waals surface area contributed by atoms with Gasteiger partial charge in [-0.1, -0.05) is 18.4 Å². The molecule has 2 atom stereocenters. The quantitative estimate of drug-likeness (QED) is 0.458. The Kier molecular flexibility index (Phi) is 1.63. The monoisotopic (exact) mass is 134 g/mol. The molecule has 1 nitrogen and oxygen atoms in total. The predicted octanol–water partition coefficient (Wildman–Crippen LogP) is 1.40. The van der Waals surface area contributed by atoms with Crippen LogP contribution in [0.5, 0.6) is 0 Å². The molecule has 0 unspecified atom stereocenters. The molecule has 0 aromatic rings. The van der Waals surface area contributed by atoms with E-state index in [1.165, 1.54) is 0 Å². The summed E-state index contributed by atoms with van der Waals surface area (Å²) in [7, 11) is 0. The molecule has 0 heterocycles. The molecule has 0 fully saturated rings. The van der Waals surface area contributed by atoms with Gasteiger partial charge in [-0.2, -0.15) is 0 Å². The average molecular weight is 134 g/mol. The SMILES string of the molecule is C#C[C@H]1C(C)=CC(=O)[C@H]1C. The van der Waals surface area contributed by atoms with Gasteiger partial charge in [0.1, 0.15) is 0 Å². The van der Waals surface area contributed by atoms with Crippen LogP contribution in [0.15, 0.2) is 11.6 Å². The fraction of sp³-hybridized carbons (Fsp3) is 0.444. The second-order valence-electron chi connectivity index (χ2n) is 2.72. The number of hydrogen-bond donors (Lipinski definition) is 0. The van der Waals surface area contributed by atoms with Crippen LogP contribution in [0.25, 0.3) is 0 Å². The lowest BCUT2D eigenvalue weighted by Crippen LogP contribution is -2.10. The van der Waals surface area contributed by atoms with Gasteiger partial charge in [0.2, 0.25) is 0 Å². The molecule has 1 aliphatic rings. The standard InChI is InChI=1S/C9H10O/c1-4-8-6(2)5-9(10)7(8)3/h1,5,7-8H,2-3H3/t7-,8-/m0/s1. The first-order chi connectivity index (χ1) is 4.66. The first-order valence-electron chi connectivity index (χ1n) is 3.35. The van der Waals surface area contributed by atoms with Crippen molar-refractivity contribution in [2.24, 2.45) is 11.8 Å². The summed E-state index contributed by atoms with van der Waals surface area (Å²) < 4.78 is 0. The Labute approximate surface area is 61.1 Å². The fourth-order valence-corrected chi connectivity index (χ4v) is 1.28. The molecule has 52 valence electrons. The summed E-state index contributed by atoms with van der Waals surface area (Å²) in [5, 5.41) is 0. The molecule has 0 radical (unpaired) electrons. The van der Waals surface area contributed by atoms with Gasteiger partial charge in [0.25, 0.3) is 0 Å². The van der Waals surface area contributed by atoms with E-state index < -0.39 is 0 Å². The lowest BCUT2D eigenvalue weighted by atomic mass is 9.94. The van der Waals surface area contributed by atoms with E-state index >= 15 is 0 Å². The molecule has 0 saturated heterocycles. The molecule has 0 saturated carbocycles. The normalized spacial score (nSPS) is 31.7. The predicted molar refractivity (Wildman–Crippen MR) is 40.3 cm³/mol. The van der Waals surface area contributed by atoms with Crippen LogP contribution in [0.1, 0.15) is 13.8 Å². The number of hydrogen-bond acceptors (Lipinski definition) is 1. The van der Waals surface area contributed by atoms with Gasteiger partial charge in [-0.15, -0.1) is 6.42 Å². The fourth-order valence-electron chi connectivity index (χ4n) is 1.28. The smallest absolute Gasteiger partial charge is 0.160 e. The van der Waals surface area contributed by atoms with E-state index in [2.05, 4.69) is 5.92 Å². The van der Waals surface area contributed by atoms with Crippen LogP contribution in [-0.2, 0) is 4.79 Å². The molecule has 0 amide bonds. The molecule has 0 aliphatic heterocycles. The van der Waals surface area contributed by atoms with Crippen molar-refractivity contribution in [2.75, 3.05) is 0 Å². The van der Waals surface area contributed by atoms with Crippen molar-refractivity contribution in [3.63, 3.8) is 0 Å². The molecule has 1 aliphatic carbocycles. The molecule has 10 heavy (non-hydrogen) atoms. The summed E-state index contributed by atoms with van der Waals surface area (Å²) in [6.07, 6.45) is 6.88. The van der Waals surface area contributed by atoms with Gasteiger partial charge in [0.15, 0.2) is 5.78 Å². The Hall–Kier alpha value is -1.03. The minimum absolute atomic E-state index is 0.00463. The minimum atomic E-state index is 0.00463. The van der Waals surface area contributed by atoms with Crippen molar-refractivity contribution in [3.05, 3.63) is 11.6 Å². The number of ketones is 1. The van der Waals surface area contributed by atoms with Gasteiger partial charge in [0.05, 0.1) is 5.92 Å². The van der Waals surface area contributed by atoms with Gasteiger partial charge in [0, 0.05) is 5.92 Å². The molecule has 0 N–H and O–H groups in total. The molecule has 0 aromatic carbocycles. The van der Waals surface area contributed by atoms with Gasteiger partial charge in [-0.25, -0.2) is 0 Å². The number of rotatable bonds is 0. The Morgan fingerprint density at radius 3 is 2.50 bits per heavy atom. The molecule has 1 rings (SSSR count). The number of allylic oxidation sites excluding steroid dienone is 2. The molecule has 0 aromatic heterocycles. The number of carbonyl (C=O) groups excluding carboxylic acids is 1. The molecule has 0 bridgehead atoms. The Morgan fingerprint density at radius 2 is 2.30 bits per heavy atom. The number of terminal acetylenes is 1. The lowest BCUT2D eigenvalue weighted by molar-refractivity contribution is -0.117. The highest BCUT2D eigenvalue weighted by molar-refractivity contribution is 5.95. The number of carbonyl (C=O) groups is 1. The third kappa shape index (κ3) is 0.863. The largest absolute Gasteiger partial charge is 0.294 e. The third-order valence-electron chi connectivity index (χ3n) is 1.99. The topological polar surface area (TPSA) is 17.1 Å². The van der Waals surface area contributed by atoms with E-state index in [0.29, 0.717) is 0 Å². The molecule has 1 heteroatoms. The highest BCUT2D eigenvalue weighted by Crippen LogP contribution is 2.27. The average Bonchev–Trinajstić information content (AvgIpc) is 2.09. The molecule has 0 spiro atoms. The van der Waals surface area contributed by atoms with E-state index in [1.54, 1.807) is 6.08 Å². The van der Waals surface area contributed by atoms with Crippen molar-refractivity contribution >= 4 is 5.78 Å². The minimum Gasteiger partial charge on any atom is -0.294 e. The van der Waals surface area contributed by atoms with Crippen LogP contribution >= 0.6 is 0 Å². The highest BCUT2D eigenvalue weighted by atomic mass is 16.1. The van der Waals surface area contributed by atoms with E-state index in [0.717, 1.165) is 5.57 Å². The van der Waals surface area contributed by atoms with Crippen LogP contribution < -0.4 is 0 Å². The van der Waals surface area contributed by atoms with Crippen LogP contribution in [0, 0.1) is 24.2 Å². The summed E-state index contributed by atoms with van der Waals surface area (Å²) in [6, 6.07) is 0. The Morgan fingerprint density at radius 1 is 1.70 bits per heavy atom. The van der Waals surface area contributed by atoms with Gasteiger partial charge in [-0.05, 0) is 13.0 Å². The molecular weight excluding hydrogens is 124 g/mol. The second-order valence-corrected chi connectivity index (χ2v) is 2.72. The Balaban J connectivity index is 2.91. The maximum absolute atomic E-state index is 11.0. The Bertz CT molecular complexity index is 230. The van der Waals surface area contributed by atoms with E-state index in [-0.39, 0.29) is 17.6 Å². The van der Waals surface area contributed by atoms with Crippen molar-refractivity contribution < 1.29 is 4.79 Å². The van der Waals surface area contributed by atoms with E-state index in [1.807, 2.05) is 13.8 Å². The van der Waals surface area contributed by atoms with Crippen LogP contribution in [0.3, 0.4) is 0 Å². The van der Waals surface area contributed by atoms with Crippen molar-refractivity contribution in [1.82, 2.24) is 0 Å². The maximum Gasteiger partial charge on any atom is 0.160 e. The van der Waals surface area contributed by atoms with Crippen LogP contribution in [-0.4, -0.2) is 5.78 Å². The summed E-state index contributed by atoms with van der Waals surface area (Å²) >= 11 is 0. The van der Waals surface area contributed by atoms with Crippen molar-refractivity contribution in [3.8, 4) is 12.3 Å². The summed E-state index contributed by atoms with van der Waals surface area (Å²) in [5.74, 6) is 2.83. The zero-order chi connectivity index (χ0) is 7.72. The highest BCUT2D eigenvalue weighted by Gasteiger charge is 2.28. The summed E-state index contributed by atoms with van der Waals surface area (Å²) in [6.45, 7) is 3.78. The zero-order valence-electron chi connectivity index (χ0n) is 6.22. The zero-order valence-corrected chi connectivity index (χ0v) is 6.22. The second kappa shape index (κ2) is 2.30. The maximum atomic E-state index is 11.0. The van der Waals surface area contributed by atoms with Crippen molar-refractivity contribution in [1.29, 1.82) is 0 Å².